The summed E-state index contributed by atoms with van der Waals surface area (Å²) in [7, 11) is 11.6. The Kier molecular flexibility index (Phi) is 19.8. The maximum Gasteiger partial charge on any atom is 1.00 e. The quantitative estimate of drug-likeness (QED) is 0.0574. The summed E-state index contributed by atoms with van der Waals surface area (Å²) in [4.78, 5) is 74.7. The molecule has 10 N–H and O–H groups in total. The number of amides is 4. The molecule has 12 aromatic rings. The molecule has 0 bridgehead atoms. The van der Waals surface area contributed by atoms with Gasteiger partial charge in [-0.1, -0.05) is 51.9 Å². The predicted molar refractivity (Wildman–Crippen MR) is 319 cm³/mol. The van der Waals surface area contributed by atoms with Crippen LogP contribution in [0.4, 0.5) is 0 Å². The fraction of sp³-hybridized carbons (Fsp3) is 0.115. The van der Waals surface area contributed by atoms with Crippen LogP contribution in [0.15, 0.2) is 159 Å². The van der Waals surface area contributed by atoms with Crippen LogP contribution in [-0.4, -0.2) is 156 Å². The average Bonchev–Trinajstić information content (AvgIpc) is 2.07. The number of nitrogens with two attached hydrogens (primary N) is 1. The first-order chi connectivity index (χ1) is 40.8. The summed E-state index contributed by atoms with van der Waals surface area (Å²) < 4.78 is 21.1. The number of hydrogen-bond acceptors (Lipinski definition) is 18. The standard InChI is InChI=1S/C21H18N4O4.C20H17N5O3.C20H16N4O4.Li.H3N.H2O/c1-25(2)20(26)13-6-4-12(5-7-13)16-11-18(29-24-16)19-15-9-8-14(21(27)28-3)10-17(15)22-23-19;1-25(2)20(27)12-5-3-11(4-6-12)15-10-17(28-24-15)18-14-8-7-13(19(21)26)9-16(14)22-23-18;1-24(2)19(25)12-5-3-11(4-6-12)15-10-17(28-23-15)18-14-8-7-13(20(26)27)9-16(14)21-22-18;;;/h4-11H,1-3H3,(H,22,23);3-10H,1-2H3,(H2,21,26)(H,22,23);3-10H,1-2H3,(H,21,22)(H,26,27);;1H3;1H2/q;;;+1;;/p-1. The number of H-pyrrole nitrogens is 3. The molecular formula is C61H55LiN14O12. The average molecular weight is 1180 g/mol. The van der Waals surface area contributed by atoms with Crippen molar-refractivity contribution in [2.45, 2.75) is 0 Å². The molecule has 6 aromatic heterocycles. The summed E-state index contributed by atoms with van der Waals surface area (Å²) in [6.45, 7) is 0. The van der Waals surface area contributed by atoms with Crippen LogP contribution < -0.4 is 30.7 Å². The minimum Gasteiger partial charge on any atom is -0.870 e. The van der Waals surface area contributed by atoms with Gasteiger partial charge in [0.05, 0.1) is 34.8 Å². The van der Waals surface area contributed by atoms with Crippen LogP contribution in [0.5, 0.6) is 0 Å². The van der Waals surface area contributed by atoms with Gasteiger partial charge in [-0.2, -0.15) is 15.3 Å². The van der Waals surface area contributed by atoms with Crippen LogP contribution in [0.3, 0.4) is 0 Å². The molecule has 0 aliphatic rings. The minimum atomic E-state index is -1.00. The number of benzene rings is 6. The predicted octanol–water partition coefficient (Wildman–Crippen LogP) is 6.33. The normalized spacial score (nSPS) is 10.5. The van der Waals surface area contributed by atoms with Gasteiger partial charge in [-0.15, -0.1) is 0 Å². The van der Waals surface area contributed by atoms with Crippen molar-refractivity contribution in [3.63, 3.8) is 0 Å². The Bertz CT molecular complexity index is 4310. The number of fused-ring (bicyclic) bond motifs is 3. The van der Waals surface area contributed by atoms with Crippen molar-refractivity contribution in [2.75, 3.05) is 49.4 Å². The number of aromatic carboxylic acids is 1. The van der Waals surface area contributed by atoms with E-state index in [1.807, 2.05) is 24.3 Å². The van der Waals surface area contributed by atoms with Gasteiger partial charge in [0.25, 0.3) is 17.7 Å². The summed E-state index contributed by atoms with van der Waals surface area (Å²) in [5.74, 6) is -0.688. The Balaban J connectivity index is 0.000000185. The van der Waals surface area contributed by atoms with Gasteiger partial charge in [-0.3, -0.25) is 34.5 Å². The van der Waals surface area contributed by atoms with E-state index in [0.717, 1.165) is 32.8 Å². The first kappa shape index (κ1) is 64.3. The Morgan fingerprint density at radius 1 is 0.443 bits per heavy atom. The molecule has 442 valence electrons. The second-order valence-corrected chi connectivity index (χ2v) is 19.7. The molecule has 0 spiro atoms. The molecule has 6 aromatic carbocycles. The van der Waals surface area contributed by atoms with Crippen LogP contribution in [0.1, 0.15) is 62.1 Å². The van der Waals surface area contributed by atoms with E-state index in [4.69, 9.17) is 29.1 Å². The van der Waals surface area contributed by atoms with Crippen molar-refractivity contribution < 1.29 is 76.5 Å². The molecule has 0 saturated heterocycles. The van der Waals surface area contributed by atoms with Gasteiger partial charge in [-0.05, 0) is 91.0 Å². The zero-order valence-electron chi connectivity index (χ0n) is 48.6. The van der Waals surface area contributed by atoms with Crippen molar-refractivity contribution in [3.8, 4) is 68.1 Å². The zero-order chi connectivity index (χ0) is 60.2. The summed E-state index contributed by atoms with van der Waals surface area (Å²) in [5, 5.41) is 45.1. The van der Waals surface area contributed by atoms with Gasteiger partial charge in [0.2, 0.25) is 5.91 Å². The van der Waals surface area contributed by atoms with E-state index in [0.29, 0.717) is 95.8 Å². The molecule has 0 atom stereocenters. The van der Waals surface area contributed by atoms with Crippen LogP contribution in [0.25, 0.3) is 101 Å². The third-order valence-corrected chi connectivity index (χ3v) is 13.4. The van der Waals surface area contributed by atoms with Crippen LogP contribution in [-0.2, 0) is 4.74 Å². The second-order valence-electron chi connectivity index (χ2n) is 19.7. The van der Waals surface area contributed by atoms with Gasteiger partial charge >= 0.3 is 30.8 Å². The first-order valence-corrected chi connectivity index (χ1v) is 25.8. The molecule has 0 aliphatic heterocycles. The van der Waals surface area contributed by atoms with Crippen LogP contribution in [0.2, 0.25) is 0 Å². The zero-order valence-corrected chi connectivity index (χ0v) is 48.6. The van der Waals surface area contributed by atoms with E-state index in [2.05, 4.69) is 46.1 Å². The molecule has 0 unspecified atom stereocenters. The summed E-state index contributed by atoms with van der Waals surface area (Å²) in [6, 6.07) is 41.6. The number of rotatable bonds is 12. The Labute approximate surface area is 511 Å². The number of aromatic amines is 3. The Morgan fingerprint density at radius 3 is 1.02 bits per heavy atom. The van der Waals surface area contributed by atoms with E-state index in [1.165, 1.54) is 33.9 Å². The van der Waals surface area contributed by atoms with E-state index >= 15 is 0 Å². The SMILES string of the molecule is CN(C)C(=O)c1ccc(-c2cc(-c3n[nH]c4cc(C(=O)O)ccc34)on2)cc1.CN(C)C(=O)c1ccc(-c2cc(-c3n[nH]c4cc(C(N)=O)ccc34)on2)cc1.COC(=O)c1ccc2c(-c3cc(-c4ccc(C(=O)N(C)C)cc4)no3)n[nH]c2c1.N.[Li+].[OH-]. The van der Waals surface area contributed by atoms with Crippen molar-refractivity contribution in [3.05, 3.63) is 179 Å². The fourth-order valence-corrected chi connectivity index (χ4v) is 8.85. The smallest absolute Gasteiger partial charge is 0.870 e. The Hall–Kier alpha value is -11.3. The van der Waals surface area contributed by atoms with Crippen molar-refractivity contribution in [1.82, 2.24) is 66.9 Å². The van der Waals surface area contributed by atoms with Gasteiger partial charge in [0, 0.05) is 116 Å². The molecule has 0 fully saturated rings. The third-order valence-electron chi connectivity index (χ3n) is 13.4. The summed E-state index contributed by atoms with van der Waals surface area (Å²) >= 11 is 0. The number of primary amides is 1. The number of nitrogens with one attached hydrogen (secondary N) is 3. The largest absolute Gasteiger partial charge is 1.00 e. The van der Waals surface area contributed by atoms with Gasteiger partial charge < -0.3 is 55.5 Å². The second kappa shape index (κ2) is 27.2. The molecule has 0 saturated carbocycles. The molecule has 27 heteroatoms. The molecule has 88 heavy (non-hydrogen) atoms. The number of carboxylic acid groups (broad SMARTS) is 1. The molecule has 4 amide bonds. The number of carboxylic acids is 1. The summed E-state index contributed by atoms with van der Waals surface area (Å²) in [6.07, 6.45) is 0. The first-order valence-electron chi connectivity index (χ1n) is 25.8. The van der Waals surface area contributed by atoms with E-state index in [1.54, 1.807) is 151 Å². The van der Waals surface area contributed by atoms with E-state index in [9.17, 15) is 28.8 Å². The van der Waals surface area contributed by atoms with E-state index in [-0.39, 0.29) is 53.8 Å². The number of ether oxygens (including phenoxy) is 1. The monoisotopic (exact) mass is 1180 g/mol. The van der Waals surface area contributed by atoms with Crippen LogP contribution >= 0.6 is 0 Å². The van der Waals surface area contributed by atoms with Crippen molar-refractivity contribution in [2.24, 2.45) is 5.73 Å². The topological polar surface area (TPSA) is 397 Å². The molecule has 26 nitrogen and oxygen atoms in total. The van der Waals surface area contributed by atoms with Crippen molar-refractivity contribution >= 4 is 68.3 Å². The maximum atomic E-state index is 12.0. The number of aromatic nitrogens is 9. The third kappa shape index (κ3) is 13.4. The number of carbonyl (C=O) groups is 6. The maximum absolute atomic E-state index is 12.0. The molecule has 6 heterocycles. The summed E-state index contributed by atoms with van der Waals surface area (Å²) in [5.41, 5.74) is 16.1. The number of esters is 1. The Morgan fingerprint density at radius 2 is 0.727 bits per heavy atom. The molecular weight excluding hydrogens is 1130 g/mol. The number of nitrogens with zero attached hydrogens (tertiary/aromatic N) is 9. The van der Waals surface area contributed by atoms with Gasteiger partial charge in [0.1, 0.15) is 34.2 Å². The molecule has 0 radical (unpaired) electrons. The van der Waals surface area contributed by atoms with Crippen molar-refractivity contribution in [1.29, 1.82) is 0 Å². The number of methoxy groups -OCH3 is 1. The molecule has 0 aliphatic carbocycles. The number of carbonyl (C=O) groups excluding carboxylic acids is 5. The van der Waals surface area contributed by atoms with Gasteiger partial charge in [0.15, 0.2) is 17.3 Å². The van der Waals surface area contributed by atoms with E-state index < -0.39 is 17.8 Å². The fourth-order valence-electron chi connectivity index (χ4n) is 8.85. The molecule has 12 rings (SSSR count). The minimum absolute atomic E-state index is 0. The van der Waals surface area contributed by atoms with Crippen LogP contribution in [0, 0.1) is 0 Å². The number of hydrogen-bond donors (Lipinski definition) is 6. The van der Waals surface area contributed by atoms with Gasteiger partial charge in [-0.25, -0.2) is 9.59 Å².